The Bertz CT molecular complexity index is 807. The van der Waals surface area contributed by atoms with E-state index >= 15 is 0 Å². The van der Waals surface area contributed by atoms with E-state index < -0.39 is 12.1 Å². The summed E-state index contributed by atoms with van der Waals surface area (Å²) in [6.07, 6.45) is -0.0981. The summed E-state index contributed by atoms with van der Waals surface area (Å²) < 4.78 is 5.07. The van der Waals surface area contributed by atoms with E-state index in [2.05, 4.69) is 17.2 Å². The molecule has 2 rings (SSSR count). The van der Waals surface area contributed by atoms with Crippen molar-refractivity contribution in [3.63, 3.8) is 0 Å². The van der Waals surface area contributed by atoms with Crippen molar-refractivity contribution in [2.75, 3.05) is 12.3 Å². The first-order chi connectivity index (χ1) is 12.1. The third kappa shape index (κ3) is 5.92. The number of aromatic carboxylic acids is 1. The standard InChI is InChI=1S/C19H18N2O4/c20-17-10-9-14(12-16(17)18(22)23)6-4-5-11-21-19(24)25-13-15-7-2-1-3-8-15/h1-3,7-10,12H,5,11,13,20H2,(H,21,24)(H,22,23). The van der Waals surface area contributed by atoms with Gasteiger partial charge in [-0.1, -0.05) is 42.2 Å². The van der Waals surface area contributed by atoms with Crippen molar-refractivity contribution in [3.05, 3.63) is 65.2 Å². The molecule has 0 aromatic heterocycles. The zero-order valence-corrected chi connectivity index (χ0v) is 13.5. The van der Waals surface area contributed by atoms with Crippen LogP contribution in [0.3, 0.4) is 0 Å². The molecule has 0 aliphatic carbocycles. The third-order valence-electron chi connectivity index (χ3n) is 3.25. The van der Waals surface area contributed by atoms with Crippen LogP contribution in [0, 0.1) is 11.8 Å². The van der Waals surface area contributed by atoms with Crippen molar-refractivity contribution < 1.29 is 19.4 Å². The van der Waals surface area contributed by atoms with Gasteiger partial charge < -0.3 is 20.9 Å². The molecule has 0 atom stereocenters. The molecule has 128 valence electrons. The molecule has 0 aliphatic heterocycles. The second-order valence-electron chi connectivity index (χ2n) is 5.15. The van der Waals surface area contributed by atoms with Crippen LogP contribution in [0.4, 0.5) is 10.5 Å². The van der Waals surface area contributed by atoms with Crippen LogP contribution >= 0.6 is 0 Å². The van der Waals surface area contributed by atoms with Gasteiger partial charge in [-0.3, -0.25) is 0 Å². The van der Waals surface area contributed by atoms with E-state index in [0.29, 0.717) is 18.5 Å². The van der Waals surface area contributed by atoms with E-state index in [0.717, 1.165) is 5.56 Å². The SMILES string of the molecule is Nc1ccc(C#CCCNC(=O)OCc2ccccc2)cc1C(=O)O. The number of hydrogen-bond acceptors (Lipinski definition) is 4. The van der Waals surface area contributed by atoms with Gasteiger partial charge in [0.25, 0.3) is 0 Å². The highest BCUT2D eigenvalue weighted by atomic mass is 16.5. The Hall–Kier alpha value is -3.46. The number of carbonyl (C=O) groups excluding carboxylic acids is 1. The maximum atomic E-state index is 11.5. The van der Waals surface area contributed by atoms with E-state index in [1.54, 1.807) is 6.07 Å². The van der Waals surface area contributed by atoms with Crippen molar-refractivity contribution in [3.8, 4) is 11.8 Å². The van der Waals surface area contributed by atoms with Crippen LogP contribution in [0.5, 0.6) is 0 Å². The first kappa shape index (κ1) is 17.9. The number of carboxylic acids is 1. The Balaban J connectivity index is 1.74. The van der Waals surface area contributed by atoms with Crippen LogP contribution in [-0.4, -0.2) is 23.7 Å². The number of hydrogen-bond donors (Lipinski definition) is 3. The Morgan fingerprint density at radius 1 is 1.16 bits per heavy atom. The van der Waals surface area contributed by atoms with E-state index in [4.69, 9.17) is 15.6 Å². The van der Waals surface area contributed by atoms with Gasteiger partial charge in [-0.2, -0.15) is 0 Å². The predicted octanol–water partition coefficient (Wildman–Crippen LogP) is 2.64. The van der Waals surface area contributed by atoms with Crippen LogP contribution in [-0.2, 0) is 11.3 Å². The molecule has 0 radical (unpaired) electrons. The molecule has 1 amide bonds. The number of nitrogens with one attached hydrogen (secondary N) is 1. The number of benzene rings is 2. The summed E-state index contributed by atoms with van der Waals surface area (Å²) in [5, 5.41) is 11.6. The van der Waals surface area contributed by atoms with Crippen LogP contribution in [0.25, 0.3) is 0 Å². The number of carboxylic acid groups (broad SMARTS) is 1. The second kappa shape index (κ2) is 8.99. The van der Waals surface area contributed by atoms with Crippen LogP contribution in [0.1, 0.15) is 27.9 Å². The minimum atomic E-state index is -1.09. The lowest BCUT2D eigenvalue weighted by molar-refractivity contribution is 0.0698. The minimum Gasteiger partial charge on any atom is -0.478 e. The summed E-state index contributed by atoms with van der Waals surface area (Å²) in [5.41, 5.74) is 7.26. The summed E-state index contributed by atoms with van der Waals surface area (Å²) >= 11 is 0. The molecule has 6 nitrogen and oxygen atoms in total. The zero-order chi connectivity index (χ0) is 18.1. The maximum Gasteiger partial charge on any atom is 0.407 e. The fraction of sp³-hybridized carbons (Fsp3) is 0.158. The van der Waals surface area contributed by atoms with Gasteiger partial charge in [0, 0.05) is 24.2 Å². The second-order valence-corrected chi connectivity index (χ2v) is 5.15. The number of alkyl carbamates (subject to hydrolysis) is 1. The van der Waals surface area contributed by atoms with Crippen molar-refractivity contribution in [2.24, 2.45) is 0 Å². The summed E-state index contributed by atoms with van der Waals surface area (Å²) in [7, 11) is 0. The number of amides is 1. The van der Waals surface area contributed by atoms with E-state index in [-0.39, 0.29) is 17.9 Å². The largest absolute Gasteiger partial charge is 0.478 e. The van der Waals surface area contributed by atoms with Gasteiger partial charge in [-0.05, 0) is 23.8 Å². The Morgan fingerprint density at radius 2 is 1.92 bits per heavy atom. The van der Waals surface area contributed by atoms with E-state index in [1.807, 2.05) is 30.3 Å². The number of nitrogen functional groups attached to an aromatic ring is 1. The predicted molar refractivity (Wildman–Crippen MR) is 93.9 cm³/mol. The molecule has 0 saturated heterocycles. The third-order valence-corrected chi connectivity index (χ3v) is 3.25. The topological polar surface area (TPSA) is 102 Å². The summed E-state index contributed by atoms with van der Waals surface area (Å²) in [6.45, 7) is 0.545. The van der Waals surface area contributed by atoms with Crippen molar-refractivity contribution >= 4 is 17.7 Å². The molecule has 0 unspecified atom stereocenters. The van der Waals surface area contributed by atoms with Crippen molar-refractivity contribution in [1.82, 2.24) is 5.32 Å². The summed E-state index contributed by atoms with van der Waals surface area (Å²) in [4.78, 5) is 22.5. The first-order valence-corrected chi connectivity index (χ1v) is 7.62. The van der Waals surface area contributed by atoms with Crippen molar-refractivity contribution in [2.45, 2.75) is 13.0 Å². The van der Waals surface area contributed by atoms with Crippen molar-refractivity contribution in [1.29, 1.82) is 0 Å². The smallest absolute Gasteiger partial charge is 0.407 e. The molecule has 0 spiro atoms. The molecule has 0 fully saturated rings. The van der Waals surface area contributed by atoms with Gasteiger partial charge in [0.15, 0.2) is 0 Å². The van der Waals surface area contributed by atoms with Gasteiger partial charge in [0.1, 0.15) is 6.61 Å². The molecule has 2 aromatic carbocycles. The molecular formula is C19H18N2O4. The van der Waals surface area contributed by atoms with E-state index in [1.165, 1.54) is 12.1 Å². The fourth-order valence-electron chi connectivity index (χ4n) is 1.99. The number of ether oxygens (including phenoxy) is 1. The molecule has 6 heteroatoms. The first-order valence-electron chi connectivity index (χ1n) is 7.62. The highest BCUT2D eigenvalue weighted by Gasteiger charge is 2.07. The molecule has 0 bridgehead atoms. The zero-order valence-electron chi connectivity index (χ0n) is 13.5. The highest BCUT2D eigenvalue weighted by molar-refractivity contribution is 5.94. The molecular weight excluding hydrogens is 320 g/mol. The molecule has 4 N–H and O–H groups in total. The summed E-state index contributed by atoms with van der Waals surface area (Å²) in [5.74, 6) is 4.61. The number of anilines is 1. The number of carbonyl (C=O) groups is 2. The van der Waals surface area contributed by atoms with Gasteiger partial charge in [-0.25, -0.2) is 9.59 Å². The van der Waals surface area contributed by atoms with E-state index in [9.17, 15) is 9.59 Å². The van der Waals surface area contributed by atoms with Gasteiger partial charge in [-0.15, -0.1) is 0 Å². The van der Waals surface area contributed by atoms with Gasteiger partial charge in [0.2, 0.25) is 0 Å². The number of nitrogens with two attached hydrogens (primary N) is 1. The summed E-state index contributed by atoms with van der Waals surface area (Å²) in [6, 6.07) is 14.0. The lowest BCUT2D eigenvalue weighted by Crippen LogP contribution is -2.24. The molecule has 2 aromatic rings. The van der Waals surface area contributed by atoms with Gasteiger partial charge in [0.05, 0.1) is 5.56 Å². The lowest BCUT2D eigenvalue weighted by Gasteiger charge is -2.05. The fourth-order valence-corrected chi connectivity index (χ4v) is 1.99. The Morgan fingerprint density at radius 3 is 2.64 bits per heavy atom. The van der Waals surface area contributed by atoms with Crippen LogP contribution in [0.15, 0.2) is 48.5 Å². The molecule has 0 saturated carbocycles. The van der Waals surface area contributed by atoms with Crippen LogP contribution in [0.2, 0.25) is 0 Å². The average molecular weight is 338 g/mol. The monoisotopic (exact) mass is 338 g/mol. The lowest BCUT2D eigenvalue weighted by atomic mass is 10.1. The Kier molecular flexibility index (Phi) is 6.43. The van der Waals surface area contributed by atoms with Gasteiger partial charge >= 0.3 is 12.1 Å². The quantitative estimate of drug-likeness (QED) is 0.442. The maximum absolute atomic E-state index is 11.5. The average Bonchev–Trinajstić information content (AvgIpc) is 2.61. The highest BCUT2D eigenvalue weighted by Crippen LogP contribution is 2.13. The molecule has 0 aliphatic rings. The number of rotatable bonds is 5. The minimum absolute atomic E-state index is 0.0226. The molecule has 0 heterocycles. The molecule has 25 heavy (non-hydrogen) atoms. The normalized spacial score (nSPS) is 9.60. The Labute approximate surface area is 145 Å². The van der Waals surface area contributed by atoms with Crippen LogP contribution < -0.4 is 11.1 Å².